The smallest absolute Gasteiger partial charge is 0.328 e. The predicted octanol–water partition coefficient (Wildman–Crippen LogP) is 7.43. The first-order valence-electron chi connectivity index (χ1n) is 11.6. The number of hydrogen-bond acceptors (Lipinski definition) is 4. The highest BCUT2D eigenvalue weighted by Crippen LogP contribution is 2.33. The summed E-state index contributed by atoms with van der Waals surface area (Å²) in [5.41, 5.74) is -0.374. The number of carbonyl (C=O) groups is 2. The summed E-state index contributed by atoms with van der Waals surface area (Å²) in [6.07, 6.45) is 11.4. The van der Waals surface area contributed by atoms with Gasteiger partial charge in [0.25, 0.3) is 0 Å². The van der Waals surface area contributed by atoms with Crippen LogP contribution in [0.4, 0.5) is 0 Å². The fourth-order valence-electron chi connectivity index (χ4n) is 3.51. The number of unbranched alkanes of at least 4 members (excludes halogenated alkanes) is 8. The van der Waals surface area contributed by atoms with Crippen LogP contribution in [0.15, 0.2) is 18.2 Å². The van der Waals surface area contributed by atoms with E-state index in [0.717, 1.165) is 24.8 Å². The Bertz CT molecular complexity index is 653. The topological polar surface area (TPSA) is 52.6 Å². The summed E-state index contributed by atoms with van der Waals surface area (Å²) in [6, 6.07) is 5.22. The molecular weight excluding hydrogens is 400 g/mol. The van der Waals surface area contributed by atoms with Crippen molar-refractivity contribution in [2.45, 2.75) is 98.3 Å². The van der Waals surface area contributed by atoms with Gasteiger partial charge in [0.1, 0.15) is 5.75 Å². The minimum Gasteiger partial charge on any atom is -0.465 e. The van der Waals surface area contributed by atoms with Gasteiger partial charge >= 0.3 is 11.9 Å². The Balaban J connectivity index is 2.48. The van der Waals surface area contributed by atoms with Gasteiger partial charge < -0.3 is 9.47 Å². The third-order valence-corrected chi connectivity index (χ3v) is 6.07. The molecule has 0 heterocycles. The molecule has 1 aromatic rings. The van der Waals surface area contributed by atoms with Crippen molar-refractivity contribution in [2.24, 2.45) is 5.41 Å². The summed E-state index contributed by atoms with van der Waals surface area (Å²) in [6.45, 7) is 8.07. The summed E-state index contributed by atoms with van der Waals surface area (Å²) in [5.74, 6) is -0.822. The van der Waals surface area contributed by atoms with Crippen molar-refractivity contribution in [3.63, 3.8) is 0 Å². The van der Waals surface area contributed by atoms with Crippen molar-refractivity contribution in [3.05, 3.63) is 28.8 Å². The quantitative estimate of drug-likeness (QED) is 0.123. The monoisotopic (exact) mass is 438 g/mol. The highest BCUT2D eigenvalue weighted by Gasteiger charge is 2.46. The average Bonchev–Trinajstić information content (AvgIpc) is 2.73. The first kappa shape index (κ1) is 26.5. The van der Waals surface area contributed by atoms with Crippen molar-refractivity contribution in [2.75, 3.05) is 6.61 Å². The minimum absolute atomic E-state index is 0.277. The zero-order valence-electron chi connectivity index (χ0n) is 19.2. The van der Waals surface area contributed by atoms with Gasteiger partial charge in [-0.15, -0.1) is 0 Å². The van der Waals surface area contributed by atoms with Crippen LogP contribution in [-0.4, -0.2) is 18.5 Å². The molecule has 0 atom stereocenters. The summed E-state index contributed by atoms with van der Waals surface area (Å²) in [4.78, 5) is 25.7. The second-order valence-corrected chi connectivity index (χ2v) is 8.48. The van der Waals surface area contributed by atoms with E-state index in [2.05, 4.69) is 6.92 Å². The number of aryl methyl sites for hydroxylation is 1. The average molecular weight is 439 g/mol. The summed E-state index contributed by atoms with van der Waals surface area (Å²) in [7, 11) is 0. The van der Waals surface area contributed by atoms with Crippen molar-refractivity contribution in [3.8, 4) is 5.75 Å². The molecular formula is C25H39ClO4. The predicted molar refractivity (Wildman–Crippen MR) is 123 cm³/mol. The van der Waals surface area contributed by atoms with Crippen LogP contribution in [0.25, 0.3) is 0 Å². The second-order valence-electron chi connectivity index (χ2n) is 8.08. The number of benzene rings is 1. The second kappa shape index (κ2) is 14.5. The largest absolute Gasteiger partial charge is 0.465 e. The van der Waals surface area contributed by atoms with E-state index in [1.54, 1.807) is 12.1 Å². The van der Waals surface area contributed by atoms with Gasteiger partial charge in [0.2, 0.25) is 0 Å². The lowest BCUT2D eigenvalue weighted by atomic mass is 9.82. The summed E-state index contributed by atoms with van der Waals surface area (Å²) < 4.78 is 11.0. The maximum atomic E-state index is 12.9. The molecule has 0 saturated carbocycles. The van der Waals surface area contributed by atoms with E-state index in [1.165, 1.54) is 38.5 Å². The first-order chi connectivity index (χ1) is 14.4. The Labute approximate surface area is 187 Å². The van der Waals surface area contributed by atoms with E-state index in [4.69, 9.17) is 21.1 Å². The lowest BCUT2D eigenvalue weighted by molar-refractivity contribution is -0.168. The fourth-order valence-corrected chi connectivity index (χ4v) is 3.67. The van der Waals surface area contributed by atoms with Gasteiger partial charge in [-0.05, 0) is 43.9 Å². The van der Waals surface area contributed by atoms with Crippen LogP contribution in [0.2, 0.25) is 5.02 Å². The number of esters is 2. The first-order valence-corrected chi connectivity index (χ1v) is 11.9. The molecule has 0 spiro atoms. The number of ether oxygens (including phenoxy) is 2. The van der Waals surface area contributed by atoms with Crippen LogP contribution in [0.3, 0.4) is 0 Å². The molecule has 0 aliphatic rings. The van der Waals surface area contributed by atoms with Gasteiger partial charge in [-0.3, -0.25) is 9.59 Å². The van der Waals surface area contributed by atoms with Crippen LogP contribution in [0.1, 0.15) is 97.0 Å². The van der Waals surface area contributed by atoms with Crippen molar-refractivity contribution >= 4 is 23.5 Å². The Morgan fingerprint density at radius 3 is 2.00 bits per heavy atom. The minimum atomic E-state index is -1.30. The molecule has 170 valence electrons. The molecule has 0 radical (unpaired) electrons. The van der Waals surface area contributed by atoms with Gasteiger partial charge in [0.05, 0.1) is 11.6 Å². The molecule has 0 bridgehead atoms. The third-order valence-electron chi connectivity index (χ3n) is 5.76. The highest BCUT2D eigenvalue weighted by atomic mass is 35.5. The molecule has 0 amide bonds. The Morgan fingerprint density at radius 2 is 1.43 bits per heavy atom. The van der Waals surface area contributed by atoms with Crippen LogP contribution in [-0.2, 0) is 14.3 Å². The van der Waals surface area contributed by atoms with Crippen LogP contribution >= 0.6 is 11.6 Å². The van der Waals surface area contributed by atoms with Crippen LogP contribution < -0.4 is 4.74 Å². The van der Waals surface area contributed by atoms with E-state index in [1.807, 2.05) is 26.8 Å². The molecule has 1 aromatic carbocycles. The van der Waals surface area contributed by atoms with Crippen molar-refractivity contribution in [1.82, 2.24) is 0 Å². The van der Waals surface area contributed by atoms with E-state index >= 15 is 0 Å². The molecule has 30 heavy (non-hydrogen) atoms. The Kier molecular flexibility index (Phi) is 12.8. The zero-order chi connectivity index (χ0) is 22.4. The molecule has 0 unspecified atom stereocenters. The van der Waals surface area contributed by atoms with Crippen LogP contribution in [0.5, 0.6) is 5.75 Å². The molecule has 0 N–H and O–H groups in total. The normalized spacial score (nSPS) is 11.4. The van der Waals surface area contributed by atoms with Crippen molar-refractivity contribution < 1.29 is 19.1 Å². The molecule has 0 saturated heterocycles. The standard InChI is InChI=1S/C25H39ClO4/c1-5-8-9-10-11-12-13-14-15-18-29-23(27)25(6-2,7-3)24(28)30-22-19-20(4)16-17-21(22)26/h16-17,19H,5-15,18H2,1-4H3. The van der Waals surface area contributed by atoms with Gasteiger partial charge in [0, 0.05) is 0 Å². The maximum absolute atomic E-state index is 12.9. The summed E-state index contributed by atoms with van der Waals surface area (Å²) in [5, 5.41) is 0.345. The molecule has 0 fully saturated rings. The molecule has 1 rings (SSSR count). The van der Waals surface area contributed by atoms with Gasteiger partial charge in [0.15, 0.2) is 5.41 Å². The van der Waals surface area contributed by atoms with E-state index in [-0.39, 0.29) is 5.75 Å². The molecule has 0 aromatic heterocycles. The van der Waals surface area contributed by atoms with Crippen LogP contribution in [0, 0.1) is 12.3 Å². The third kappa shape index (κ3) is 8.29. The van der Waals surface area contributed by atoms with Gasteiger partial charge in [-0.2, -0.15) is 0 Å². The van der Waals surface area contributed by atoms with Gasteiger partial charge in [-0.1, -0.05) is 89.8 Å². The van der Waals surface area contributed by atoms with Gasteiger partial charge in [-0.25, -0.2) is 0 Å². The SMILES string of the molecule is CCCCCCCCCCCOC(=O)C(CC)(CC)C(=O)Oc1cc(C)ccc1Cl. The lowest BCUT2D eigenvalue weighted by Crippen LogP contribution is -2.42. The highest BCUT2D eigenvalue weighted by molar-refractivity contribution is 6.32. The van der Waals surface area contributed by atoms with E-state index < -0.39 is 17.4 Å². The molecule has 5 heteroatoms. The maximum Gasteiger partial charge on any atom is 0.328 e. The summed E-state index contributed by atoms with van der Waals surface area (Å²) >= 11 is 6.14. The number of carbonyl (C=O) groups excluding carboxylic acids is 2. The number of halogens is 1. The molecule has 0 aliphatic carbocycles. The number of rotatable bonds is 15. The Morgan fingerprint density at radius 1 is 0.867 bits per heavy atom. The fraction of sp³-hybridized carbons (Fsp3) is 0.680. The van der Waals surface area contributed by atoms with Crippen molar-refractivity contribution in [1.29, 1.82) is 0 Å². The van der Waals surface area contributed by atoms with E-state index in [9.17, 15) is 9.59 Å². The molecule has 4 nitrogen and oxygen atoms in total. The van der Waals surface area contributed by atoms with E-state index in [0.29, 0.717) is 24.5 Å². The Hall–Kier alpha value is -1.55. The zero-order valence-corrected chi connectivity index (χ0v) is 20.0. The lowest BCUT2D eigenvalue weighted by Gasteiger charge is -2.27. The molecule has 0 aliphatic heterocycles. The number of hydrogen-bond donors (Lipinski definition) is 0.